The Morgan fingerprint density at radius 2 is 2.23 bits per heavy atom. The zero-order valence-electron chi connectivity index (χ0n) is 14.3. The number of nitrogens with one attached hydrogen (secondary N) is 2. The van der Waals surface area contributed by atoms with Crippen LogP contribution in [0.2, 0.25) is 0 Å². The van der Waals surface area contributed by atoms with Crippen LogP contribution in [-0.2, 0) is 16.1 Å². The van der Waals surface area contributed by atoms with Crippen molar-refractivity contribution in [2.75, 3.05) is 20.1 Å². The Balaban J connectivity index is 1.37. The predicted molar refractivity (Wildman–Crippen MR) is 96.5 cm³/mol. The van der Waals surface area contributed by atoms with Crippen molar-refractivity contribution in [1.82, 2.24) is 25.4 Å². The van der Waals surface area contributed by atoms with Crippen molar-refractivity contribution in [2.45, 2.75) is 25.0 Å². The van der Waals surface area contributed by atoms with Gasteiger partial charge in [-0.3, -0.25) is 9.59 Å². The van der Waals surface area contributed by atoms with Crippen molar-refractivity contribution in [2.24, 2.45) is 0 Å². The van der Waals surface area contributed by atoms with Gasteiger partial charge in [0.25, 0.3) is 0 Å². The van der Waals surface area contributed by atoms with Crippen LogP contribution < -0.4 is 10.6 Å². The summed E-state index contributed by atoms with van der Waals surface area (Å²) < 4.78 is 1.09. The van der Waals surface area contributed by atoms with Gasteiger partial charge in [-0.1, -0.05) is 12.1 Å². The number of thiazole rings is 1. The largest absolute Gasteiger partial charge is 0.345 e. The number of hydrogen-bond acceptors (Lipinski definition) is 5. The lowest BCUT2D eigenvalue weighted by Crippen LogP contribution is -2.55. The fourth-order valence-corrected chi connectivity index (χ4v) is 4.41. The molecule has 2 atom stereocenters. The molecule has 1 aromatic heterocycles. The molecule has 26 heavy (non-hydrogen) atoms. The molecule has 136 valence electrons. The van der Waals surface area contributed by atoms with Crippen LogP contribution >= 0.6 is 11.3 Å². The van der Waals surface area contributed by atoms with Gasteiger partial charge in [-0.25, -0.2) is 9.78 Å². The molecule has 2 fully saturated rings. The summed E-state index contributed by atoms with van der Waals surface area (Å²) in [5.41, 5.74) is 0.929. The van der Waals surface area contributed by atoms with E-state index in [0.29, 0.717) is 19.5 Å². The highest BCUT2D eigenvalue weighted by atomic mass is 32.1. The van der Waals surface area contributed by atoms with Crippen molar-refractivity contribution >= 4 is 39.4 Å². The van der Waals surface area contributed by atoms with Crippen molar-refractivity contribution in [3.63, 3.8) is 0 Å². The number of carbonyl (C=O) groups excluding carboxylic acids is 3. The number of hydrogen-bond donors (Lipinski definition) is 2. The van der Waals surface area contributed by atoms with Gasteiger partial charge in [0, 0.05) is 13.6 Å². The standard InChI is InChI=1S/C17H19N5O3S/c1-21(9-14-20-11-4-2-3-5-13(11)26-14)17(25)19-10-6-12-16(24)18-7-15(23)22(12)8-10/h2-5,10,12H,6-9H2,1H3,(H,18,24)(H,19,25)/t10-,12+/m1/s1. The smallest absolute Gasteiger partial charge is 0.317 e. The molecule has 0 radical (unpaired) electrons. The summed E-state index contributed by atoms with van der Waals surface area (Å²) in [5.74, 6) is -0.252. The molecule has 0 spiro atoms. The SMILES string of the molecule is CN(Cc1nc2ccccc2s1)C(=O)N[C@@H]1C[C@H]2C(=O)NCC(=O)N2C1. The number of rotatable bonds is 3. The maximum absolute atomic E-state index is 12.5. The van der Waals surface area contributed by atoms with Gasteiger partial charge in [0.15, 0.2) is 0 Å². The average molecular weight is 373 g/mol. The number of benzene rings is 1. The van der Waals surface area contributed by atoms with Crippen LogP contribution in [-0.4, -0.2) is 64.9 Å². The molecule has 0 bridgehead atoms. The minimum absolute atomic E-state index is 0.0352. The highest BCUT2D eigenvalue weighted by Crippen LogP contribution is 2.23. The van der Waals surface area contributed by atoms with Gasteiger partial charge in [-0.05, 0) is 18.6 Å². The van der Waals surface area contributed by atoms with E-state index in [1.807, 2.05) is 24.3 Å². The van der Waals surface area contributed by atoms with Gasteiger partial charge in [0.05, 0.1) is 29.3 Å². The average Bonchev–Trinajstić information content (AvgIpc) is 3.22. The third-order valence-electron chi connectivity index (χ3n) is 4.72. The van der Waals surface area contributed by atoms with E-state index >= 15 is 0 Å². The summed E-state index contributed by atoms with van der Waals surface area (Å²) in [6, 6.07) is 6.93. The number of piperazine rings is 1. The van der Waals surface area contributed by atoms with Gasteiger partial charge in [0.1, 0.15) is 11.0 Å². The van der Waals surface area contributed by atoms with E-state index in [9.17, 15) is 14.4 Å². The van der Waals surface area contributed by atoms with E-state index in [2.05, 4.69) is 15.6 Å². The van der Waals surface area contributed by atoms with E-state index in [4.69, 9.17) is 0 Å². The van der Waals surface area contributed by atoms with Crippen LogP contribution in [0.15, 0.2) is 24.3 Å². The van der Waals surface area contributed by atoms with Gasteiger partial charge >= 0.3 is 6.03 Å². The van der Waals surface area contributed by atoms with Crippen molar-refractivity contribution < 1.29 is 14.4 Å². The molecule has 2 aromatic rings. The first-order valence-electron chi connectivity index (χ1n) is 8.44. The molecule has 2 aliphatic heterocycles. The fraction of sp³-hybridized carbons (Fsp3) is 0.412. The van der Waals surface area contributed by atoms with E-state index in [1.54, 1.807) is 28.2 Å². The van der Waals surface area contributed by atoms with E-state index in [-0.39, 0.29) is 30.4 Å². The molecule has 0 unspecified atom stereocenters. The molecule has 9 heteroatoms. The minimum Gasteiger partial charge on any atom is -0.345 e. The number of fused-ring (bicyclic) bond motifs is 2. The lowest BCUT2D eigenvalue weighted by Gasteiger charge is -2.28. The molecular formula is C17H19N5O3S. The van der Waals surface area contributed by atoms with Crippen LogP contribution in [0.5, 0.6) is 0 Å². The van der Waals surface area contributed by atoms with E-state index in [0.717, 1.165) is 15.2 Å². The van der Waals surface area contributed by atoms with Crippen LogP contribution in [0.1, 0.15) is 11.4 Å². The number of para-hydroxylation sites is 1. The van der Waals surface area contributed by atoms with Crippen molar-refractivity contribution in [3.05, 3.63) is 29.3 Å². The molecular weight excluding hydrogens is 354 g/mol. The Morgan fingerprint density at radius 3 is 3.00 bits per heavy atom. The van der Waals surface area contributed by atoms with E-state index < -0.39 is 6.04 Å². The third-order valence-corrected chi connectivity index (χ3v) is 5.74. The lowest BCUT2D eigenvalue weighted by atomic mass is 10.1. The van der Waals surface area contributed by atoms with Gasteiger partial charge in [-0.15, -0.1) is 11.3 Å². The number of nitrogens with zero attached hydrogens (tertiary/aromatic N) is 3. The highest BCUT2D eigenvalue weighted by Gasteiger charge is 2.42. The monoisotopic (exact) mass is 373 g/mol. The summed E-state index contributed by atoms with van der Waals surface area (Å²) in [5, 5.41) is 6.37. The molecule has 1 aromatic carbocycles. The first-order valence-corrected chi connectivity index (χ1v) is 9.26. The summed E-state index contributed by atoms with van der Waals surface area (Å²) in [4.78, 5) is 43.9. The summed E-state index contributed by atoms with van der Waals surface area (Å²) in [6.07, 6.45) is 0.443. The number of urea groups is 1. The van der Waals surface area contributed by atoms with Gasteiger partial charge in [-0.2, -0.15) is 0 Å². The zero-order valence-corrected chi connectivity index (χ0v) is 15.1. The third kappa shape index (κ3) is 3.10. The summed E-state index contributed by atoms with van der Waals surface area (Å²) in [6.45, 7) is 0.815. The fourth-order valence-electron chi connectivity index (χ4n) is 3.39. The van der Waals surface area contributed by atoms with Gasteiger partial charge in [0.2, 0.25) is 11.8 Å². The Kier molecular flexibility index (Phi) is 4.23. The second-order valence-electron chi connectivity index (χ2n) is 6.59. The normalized spacial score (nSPS) is 22.3. The lowest BCUT2D eigenvalue weighted by molar-refractivity contribution is -0.143. The van der Waals surface area contributed by atoms with Crippen LogP contribution in [0.25, 0.3) is 10.2 Å². The van der Waals surface area contributed by atoms with Crippen molar-refractivity contribution in [3.8, 4) is 0 Å². The topological polar surface area (TPSA) is 94.6 Å². The number of amides is 4. The van der Waals surface area contributed by atoms with E-state index in [1.165, 1.54) is 0 Å². The Bertz CT molecular complexity index is 825. The Labute approximate surface area is 154 Å². The summed E-state index contributed by atoms with van der Waals surface area (Å²) >= 11 is 1.56. The molecule has 0 saturated carbocycles. The second-order valence-corrected chi connectivity index (χ2v) is 7.71. The van der Waals surface area contributed by atoms with Crippen LogP contribution in [0.4, 0.5) is 4.79 Å². The van der Waals surface area contributed by atoms with Crippen molar-refractivity contribution in [1.29, 1.82) is 0 Å². The van der Waals surface area contributed by atoms with Crippen LogP contribution in [0, 0.1) is 0 Å². The number of aromatic nitrogens is 1. The molecule has 4 rings (SSSR count). The molecule has 2 N–H and O–H groups in total. The number of carbonyl (C=O) groups is 3. The Morgan fingerprint density at radius 1 is 1.42 bits per heavy atom. The molecule has 2 aliphatic rings. The van der Waals surface area contributed by atoms with Crippen LogP contribution in [0.3, 0.4) is 0 Å². The maximum Gasteiger partial charge on any atom is 0.317 e. The zero-order chi connectivity index (χ0) is 18.3. The first kappa shape index (κ1) is 16.8. The van der Waals surface area contributed by atoms with Gasteiger partial charge < -0.3 is 20.4 Å². The highest BCUT2D eigenvalue weighted by molar-refractivity contribution is 7.18. The Hall–Kier alpha value is -2.68. The quantitative estimate of drug-likeness (QED) is 0.821. The predicted octanol–water partition coefficient (Wildman–Crippen LogP) is 0.537. The summed E-state index contributed by atoms with van der Waals surface area (Å²) in [7, 11) is 1.71. The second kappa shape index (κ2) is 6.56. The first-order chi connectivity index (χ1) is 12.5. The molecule has 4 amide bonds. The maximum atomic E-state index is 12.5. The minimum atomic E-state index is -0.476. The molecule has 8 nitrogen and oxygen atoms in total. The molecule has 3 heterocycles. The molecule has 0 aliphatic carbocycles. The molecule has 2 saturated heterocycles.